The summed E-state index contributed by atoms with van der Waals surface area (Å²) in [6.07, 6.45) is 65.8. The summed E-state index contributed by atoms with van der Waals surface area (Å²) >= 11 is 0. The maximum Gasteiger partial charge on any atom is 0.305 e. The highest BCUT2D eigenvalue weighted by molar-refractivity contribution is 5.76. The van der Waals surface area contributed by atoms with Gasteiger partial charge >= 0.3 is 5.97 Å². The first-order chi connectivity index (χ1) is 31.5. The Hall–Kier alpha value is -1.92. The number of hydrogen-bond donors (Lipinski definition) is 3. The van der Waals surface area contributed by atoms with E-state index in [1.54, 1.807) is 6.08 Å². The van der Waals surface area contributed by atoms with Gasteiger partial charge in [-0.3, -0.25) is 9.59 Å². The van der Waals surface area contributed by atoms with Crippen LogP contribution in [-0.2, 0) is 14.3 Å². The van der Waals surface area contributed by atoms with Gasteiger partial charge in [-0.1, -0.05) is 237 Å². The fourth-order valence-corrected chi connectivity index (χ4v) is 8.50. The first-order valence-electron chi connectivity index (χ1n) is 28.3. The van der Waals surface area contributed by atoms with Crippen molar-refractivity contribution in [2.45, 2.75) is 309 Å². The monoisotopic (exact) mass is 900 g/mol. The second-order valence-corrected chi connectivity index (χ2v) is 19.3. The molecule has 376 valence electrons. The van der Waals surface area contributed by atoms with Crippen LogP contribution < -0.4 is 5.32 Å². The maximum atomic E-state index is 12.4. The highest BCUT2D eigenvalue weighted by Crippen LogP contribution is 2.15. The first kappa shape index (κ1) is 62.1. The van der Waals surface area contributed by atoms with E-state index in [9.17, 15) is 19.8 Å². The SMILES string of the molecule is CCCCCCCCC/C=C\CCCCCCCC(=O)OCCCCCCCC/C=C\CCCCCCCCCC(=O)NC(CO)C(O)/C=C/CCCCCCCCCCCCCC. The molecule has 0 saturated heterocycles. The van der Waals surface area contributed by atoms with E-state index in [2.05, 4.69) is 43.5 Å². The molecule has 0 rings (SSSR count). The van der Waals surface area contributed by atoms with Crippen molar-refractivity contribution in [1.82, 2.24) is 5.32 Å². The van der Waals surface area contributed by atoms with Gasteiger partial charge in [0.25, 0.3) is 0 Å². The Morgan fingerprint density at radius 3 is 1.11 bits per heavy atom. The van der Waals surface area contributed by atoms with Crippen molar-refractivity contribution in [1.29, 1.82) is 0 Å². The third-order valence-corrected chi connectivity index (χ3v) is 12.9. The van der Waals surface area contributed by atoms with Crippen molar-refractivity contribution < 1.29 is 24.5 Å². The van der Waals surface area contributed by atoms with Crippen molar-refractivity contribution in [3.8, 4) is 0 Å². The zero-order valence-electron chi connectivity index (χ0n) is 42.8. The molecule has 0 aromatic heterocycles. The Balaban J connectivity index is 3.48. The fourth-order valence-electron chi connectivity index (χ4n) is 8.50. The summed E-state index contributed by atoms with van der Waals surface area (Å²) in [6.45, 7) is 4.88. The van der Waals surface area contributed by atoms with Crippen LogP contribution in [0.2, 0.25) is 0 Å². The molecule has 1 amide bonds. The molecule has 0 spiro atoms. The predicted molar refractivity (Wildman–Crippen MR) is 278 cm³/mol. The van der Waals surface area contributed by atoms with E-state index in [1.807, 2.05) is 6.08 Å². The van der Waals surface area contributed by atoms with Crippen LogP contribution in [0, 0.1) is 0 Å². The van der Waals surface area contributed by atoms with Gasteiger partial charge in [-0.25, -0.2) is 0 Å². The van der Waals surface area contributed by atoms with Gasteiger partial charge in [-0.2, -0.15) is 0 Å². The number of carbonyl (C=O) groups excluding carboxylic acids is 2. The number of amides is 1. The van der Waals surface area contributed by atoms with Crippen LogP contribution in [0.15, 0.2) is 36.5 Å². The van der Waals surface area contributed by atoms with E-state index < -0.39 is 12.1 Å². The van der Waals surface area contributed by atoms with Gasteiger partial charge in [0, 0.05) is 12.8 Å². The molecule has 2 unspecified atom stereocenters. The van der Waals surface area contributed by atoms with Gasteiger partial charge < -0.3 is 20.3 Å². The van der Waals surface area contributed by atoms with E-state index in [-0.39, 0.29) is 18.5 Å². The number of carbonyl (C=O) groups is 2. The van der Waals surface area contributed by atoms with E-state index in [0.29, 0.717) is 19.4 Å². The third-order valence-electron chi connectivity index (χ3n) is 12.9. The second-order valence-electron chi connectivity index (χ2n) is 19.3. The van der Waals surface area contributed by atoms with E-state index in [4.69, 9.17) is 4.74 Å². The van der Waals surface area contributed by atoms with E-state index in [0.717, 1.165) is 57.8 Å². The fraction of sp³-hybridized carbons (Fsp3) is 0.862. The van der Waals surface area contributed by atoms with Crippen LogP contribution in [0.4, 0.5) is 0 Å². The summed E-state index contributed by atoms with van der Waals surface area (Å²) in [7, 11) is 0. The second kappa shape index (κ2) is 53.7. The van der Waals surface area contributed by atoms with Gasteiger partial charge in [0.1, 0.15) is 0 Å². The number of nitrogens with one attached hydrogen (secondary N) is 1. The molecule has 0 aliphatic rings. The molecule has 0 fully saturated rings. The summed E-state index contributed by atoms with van der Waals surface area (Å²) < 4.78 is 5.47. The van der Waals surface area contributed by atoms with Gasteiger partial charge in [0.05, 0.1) is 25.4 Å². The Morgan fingerprint density at radius 2 is 0.734 bits per heavy atom. The Morgan fingerprint density at radius 1 is 0.422 bits per heavy atom. The van der Waals surface area contributed by atoms with Gasteiger partial charge in [0.15, 0.2) is 0 Å². The van der Waals surface area contributed by atoms with Gasteiger partial charge in [-0.15, -0.1) is 0 Å². The minimum absolute atomic E-state index is 0.0104. The van der Waals surface area contributed by atoms with Crippen molar-refractivity contribution in [3.05, 3.63) is 36.5 Å². The Bertz CT molecular complexity index is 1040. The molecule has 64 heavy (non-hydrogen) atoms. The molecule has 0 heterocycles. The average molecular weight is 901 g/mol. The zero-order chi connectivity index (χ0) is 46.5. The highest BCUT2D eigenvalue weighted by atomic mass is 16.5. The van der Waals surface area contributed by atoms with Crippen molar-refractivity contribution in [2.24, 2.45) is 0 Å². The van der Waals surface area contributed by atoms with Crippen LogP contribution >= 0.6 is 0 Å². The Kier molecular flexibility index (Phi) is 52.1. The minimum Gasteiger partial charge on any atom is -0.466 e. The van der Waals surface area contributed by atoms with Crippen LogP contribution in [0.1, 0.15) is 296 Å². The molecular weight excluding hydrogens is 791 g/mol. The van der Waals surface area contributed by atoms with Crippen LogP contribution in [0.25, 0.3) is 0 Å². The van der Waals surface area contributed by atoms with Gasteiger partial charge in [0.2, 0.25) is 5.91 Å². The number of aliphatic hydroxyl groups excluding tert-OH is 2. The molecule has 2 atom stereocenters. The number of allylic oxidation sites excluding steroid dienone is 5. The molecule has 3 N–H and O–H groups in total. The zero-order valence-corrected chi connectivity index (χ0v) is 42.8. The van der Waals surface area contributed by atoms with Crippen LogP contribution in [-0.4, -0.2) is 47.4 Å². The largest absolute Gasteiger partial charge is 0.466 e. The highest BCUT2D eigenvalue weighted by Gasteiger charge is 2.18. The molecule has 6 heteroatoms. The smallest absolute Gasteiger partial charge is 0.305 e. The predicted octanol–water partition coefficient (Wildman–Crippen LogP) is 17.2. The van der Waals surface area contributed by atoms with E-state index >= 15 is 0 Å². The molecule has 0 radical (unpaired) electrons. The normalized spacial score (nSPS) is 12.9. The number of ether oxygens (including phenoxy) is 1. The molecule has 6 nitrogen and oxygen atoms in total. The van der Waals surface area contributed by atoms with Crippen LogP contribution in [0.3, 0.4) is 0 Å². The third kappa shape index (κ3) is 49.5. The van der Waals surface area contributed by atoms with Crippen molar-refractivity contribution in [2.75, 3.05) is 13.2 Å². The summed E-state index contributed by atoms with van der Waals surface area (Å²) in [5.41, 5.74) is 0. The first-order valence-corrected chi connectivity index (χ1v) is 28.3. The number of rotatable bonds is 52. The molecule has 0 aromatic carbocycles. The lowest BCUT2D eigenvalue weighted by molar-refractivity contribution is -0.143. The number of esters is 1. The average Bonchev–Trinajstić information content (AvgIpc) is 3.29. The molecule has 0 aromatic rings. The molecule has 0 saturated carbocycles. The Labute approximate surface area is 398 Å². The molecular formula is C58H109NO5. The van der Waals surface area contributed by atoms with Gasteiger partial charge in [-0.05, 0) is 83.5 Å². The molecule has 0 aliphatic heterocycles. The quantitative estimate of drug-likeness (QED) is 0.0321. The lowest BCUT2D eigenvalue weighted by atomic mass is 10.0. The van der Waals surface area contributed by atoms with Crippen LogP contribution in [0.5, 0.6) is 0 Å². The topological polar surface area (TPSA) is 95.9 Å². The number of aliphatic hydroxyl groups is 2. The van der Waals surface area contributed by atoms with Crippen molar-refractivity contribution in [3.63, 3.8) is 0 Å². The summed E-state index contributed by atoms with van der Waals surface area (Å²) in [5.74, 6) is -0.0908. The molecule has 0 aliphatic carbocycles. The summed E-state index contributed by atoms with van der Waals surface area (Å²) in [6, 6.07) is -0.637. The lowest BCUT2D eigenvalue weighted by Gasteiger charge is -2.20. The molecule has 0 bridgehead atoms. The number of unbranched alkanes of at least 4 members (excludes halogenated alkanes) is 37. The van der Waals surface area contributed by atoms with E-state index in [1.165, 1.54) is 212 Å². The minimum atomic E-state index is -0.852. The standard InChI is InChI=1S/C58H109NO5/c1-3-5-7-9-11-13-15-17-19-24-28-32-36-40-44-48-52-58(63)64-53-49-45-41-37-33-29-25-22-20-21-23-27-31-35-39-43-47-51-57(62)59-55(54-60)56(61)50-46-42-38-34-30-26-18-16-14-12-10-8-6-4-2/h19-20,22,24,46,50,55-56,60-61H,3-18,21,23,25-45,47-49,51-54H2,1-2H3,(H,59,62)/b22-20-,24-19-,50-46+. The number of hydrogen-bond acceptors (Lipinski definition) is 5. The maximum absolute atomic E-state index is 12.4. The summed E-state index contributed by atoms with van der Waals surface area (Å²) in [5, 5.41) is 23.1. The van der Waals surface area contributed by atoms with Crippen molar-refractivity contribution >= 4 is 11.9 Å². The lowest BCUT2D eigenvalue weighted by Crippen LogP contribution is -2.45. The summed E-state index contributed by atoms with van der Waals surface area (Å²) in [4.78, 5) is 24.5.